The van der Waals surface area contributed by atoms with Crippen molar-refractivity contribution in [2.45, 2.75) is 27.7 Å². The van der Waals surface area contributed by atoms with Crippen LogP contribution in [0.5, 0.6) is 0 Å². The zero-order valence-electron chi connectivity index (χ0n) is 21.6. The summed E-state index contributed by atoms with van der Waals surface area (Å²) in [6.45, 7) is 8.68. The fraction of sp³-hybridized carbons (Fsp3) is 0.118. The average Bonchev–Trinajstić information content (AvgIpc) is 3.45. The molecule has 0 atom stereocenters. The van der Waals surface area contributed by atoms with Crippen LogP contribution in [0.2, 0.25) is 0 Å². The molecule has 0 unspecified atom stereocenters. The van der Waals surface area contributed by atoms with Gasteiger partial charge >= 0.3 is 26.2 Å². The third-order valence-electron chi connectivity index (χ3n) is 6.86. The number of halogens is 2. The second kappa shape index (κ2) is 13.4. The Kier molecular flexibility index (Phi) is 11.1. The van der Waals surface area contributed by atoms with E-state index in [4.69, 9.17) is 0 Å². The SMILES string of the molecule is Cc1cc2cc(-c3ccccc3)[cH-]c2cc1C.Cc1cc2cc(-c3ccccc3)[cH-]c2cc1C.[Cl-].[Cl-].[Zr+4]. The average molecular weight is 601 g/mol. The summed E-state index contributed by atoms with van der Waals surface area (Å²) in [6, 6.07) is 39.3. The maximum absolute atomic E-state index is 2.27. The second-order valence-corrected chi connectivity index (χ2v) is 9.35. The van der Waals surface area contributed by atoms with Gasteiger partial charge in [0.1, 0.15) is 0 Å². The van der Waals surface area contributed by atoms with Gasteiger partial charge in [-0.05, 0) is 27.7 Å². The molecule has 3 heteroatoms. The predicted molar refractivity (Wildman–Crippen MR) is 149 cm³/mol. The Morgan fingerprint density at radius 2 is 0.757 bits per heavy atom. The van der Waals surface area contributed by atoms with E-state index in [1.807, 2.05) is 0 Å². The van der Waals surface area contributed by atoms with E-state index in [0.29, 0.717) is 0 Å². The molecule has 0 nitrogen and oxygen atoms in total. The summed E-state index contributed by atoms with van der Waals surface area (Å²) < 4.78 is 0. The molecule has 0 aromatic heterocycles. The summed E-state index contributed by atoms with van der Waals surface area (Å²) >= 11 is 0. The van der Waals surface area contributed by atoms with Crippen LogP contribution >= 0.6 is 0 Å². The molecule has 6 aromatic carbocycles. The maximum Gasteiger partial charge on any atom is 4.00 e. The Bertz CT molecular complexity index is 1380. The van der Waals surface area contributed by atoms with E-state index in [0.717, 1.165) is 0 Å². The first-order valence-corrected chi connectivity index (χ1v) is 11.9. The Balaban J connectivity index is 0.000000241. The smallest absolute Gasteiger partial charge is 1.00 e. The van der Waals surface area contributed by atoms with E-state index in [-0.39, 0.29) is 51.0 Å². The first kappa shape index (κ1) is 30.8. The summed E-state index contributed by atoms with van der Waals surface area (Å²) in [4.78, 5) is 0. The zero-order valence-corrected chi connectivity index (χ0v) is 25.6. The molecule has 0 N–H and O–H groups in total. The van der Waals surface area contributed by atoms with Gasteiger partial charge in [-0.25, -0.2) is 0 Å². The summed E-state index contributed by atoms with van der Waals surface area (Å²) in [5.41, 5.74) is 10.7. The van der Waals surface area contributed by atoms with E-state index < -0.39 is 0 Å². The number of aryl methyl sites for hydroxylation is 4. The fourth-order valence-electron chi connectivity index (χ4n) is 4.57. The van der Waals surface area contributed by atoms with Gasteiger partial charge in [0, 0.05) is 0 Å². The van der Waals surface area contributed by atoms with Crippen molar-refractivity contribution in [2.75, 3.05) is 0 Å². The Labute approximate surface area is 252 Å². The van der Waals surface area contributed by atoms with Crippen LogP contribution < -0.4 is 24.8 Å². The van der Waals surface area contributed by atoms with Gasteiger partial charge in [0.2, 0.25) is 0 Å². The largest absolute Gasteiger partial charge is 4.00 e. The summed E-state index contributed by atoms with van der Waals surface area (Å²) in [7, 11) is 0. The van der Waals surface area contributed by atoms with Crippen LogP contribution in [0.3, 0.4) is 0 Å². The van der Waals surface area contributed by atoms with Crippen molar-refractivity contribution < 1.29 is 51.0 Å². The van der Waals surface area contributed by atoms with Crippen LogP contribution in [0.1, 0.15) is 22.3 Å². The summed E-state index contributed by atoms with van der Waals surface area (Å²) in [6.07, 6.45) is 0. The topological polar surface area (TPSA) is 0 Å². The molecule has 0 aliphatic rings. The van der Waals surface area contributed by atoms with Crippen molar-refractivity contribution >= 4 is 21.5 Å². The predicted octanol–water partition coefficient (Wildman–Crippen LogP) is 3.69. The minimum absolute atomic E-state index is 0. The molecule has 0 aliphatic heterocycles. The molecule has 0 amide bonds. The molecule has 0 saturated carbocycles. The minimum Gasteiger partial charge on any atom is -1.00 e. The molecule has 37 heavy (non-hydrogen) atoms. The number of hydrogen-bond acceptors (Lipinski definition) is 0. The van der Waals surface area contributed by atoms with Crippen molar-refractivity contribution in [1.29, 1.82) is 0 Å². The second-order valence-electron chi connectivity index (χ2n) is 9.35. The third kappa shape index (κ3) is 6.91. The molecular weight excluding hydrogens is 571 g/mol. The number of benzene rings is 4. The Morgan fingerprint density at radius 3 is 1.11 bits per heavy atom. The van der Waals surface area contributed by atoms with Gasteiger partial charge < -0.3 is 24.8 Å². The molecule has 0 saturated heterocycles. The fourth-order valence-corrected chi connectivity index (χ4v) is 4.57. The zero-order chi connectivity index (χ0) is 23.7. The van der Waals surface area contributed by atoms with Crippen LogP contribution in [0.25, 0.3) is 43.8 Å². The van der Waals surface area contributed by atoms with Gasteiger partial charge in [-0.2, -0.15) is 0 Å². The van der Waals surface area contributed by atoms with E-state index >= 15 is 0 Å². The maximum atomic E-state index is 2.27. The van der Waals surface area contributed by atoms with Gasteiger partial charge in [-0.15, -0.1) is 69.1 Å². The standard InChI is InChI=1S/2C17H15.2ClH.Zr/c2*1-12-8-15-10-17(11-16(15)9-13(12)2)14-6-4-3-5-7-14;;;/h2*3-11H,1-2H3;2*1H;/q2*-1;;;+4/p-2. The molecule has 0 radical (unpaired) electrons. The van der Waals surface area contributed by atoms with Crippen LogP contribution in [-0.4, -0.2) is 0 Å². The quantitative estimate of drug-likeness (QED) is 0.266. The van der Waals surface area contributed by atoms with E-state index in [9.17, 15) is 0 Å². The van der Waals surface area contributed by atoms with Gasteiger partial charge in [-0.3, -0.25) is 0 Å². The van der Waals surface area contributed by atoms with E-state index in [2.05, 4.69) is 137 Å². The molecule has 0 heterocycles. The van der Waals surface area contributed by atoms with Gasteiger partial charge in [0.15, 0.2) is 0 Å². The normalized spacial score (nSPS) is 10.1. The molecule has 0 aliphatic carbocycles. The van der Waals surface area contributed by atoms with Crippen molar-refractivity contribution in [2.24, 2.45) is 0 Å². The van der Waals surface area contributed by atoms with Crippen LogP contribution in [0.15, 0.2) is 109 Å². The number of hydrogen-bond donors (Lipinski definition) is 0. The number of fused-ring (bicyclic) bond motifs is 2. The van der Waals surface area contributed by atoms with Gasteiger partial charge in [-0.1, -0.05) is 106 Å². The summed E-state index contributed by atoms with van der Waals surface area (Å²) in [5, 5.41) is 5.36. The number of rotatable bonds is 2. The summed E-state index contributed by atoms with van der Waals surface area (Å²) in [5.74, 6) is 0. The van der Waals surface area contributed by atoms with Crippen LogP contribution in [-0.2, 0) is 26.2 Å². The monoisotopic (exact) mass is 598 g/mol. The third-order valence-corrected chi connectivity index (χ3v) is 6.86. The Hall–Kier alpha value is -2.44. The van der Waals surface area contributed by atoms with Crippen LogP contribution in [0, 0.1) is 27.7 Å². The van der Waals surface area contributed by atoms with E-state index in [1.165, 1.54) is 66.1 Å². The molecule has 0 spiro atoms. The Morgan fingerprint density at radius 1 is 0.432 bits per heavy atom. The van der Waals surface area contributed by atoms with Crippen molar-refractivity contribution in [1.82, 2.24) is 0 Å². The van der Waals surface area contributed by atoms with Crippen LogP contribution in [0.4, 0.5) is 0 Å². The molecule has 184 valence electrons. The van der Waals surface area contributed by atoms with Gasteiger partial charge in [0.05, 0.1) is 0 Å². The molecule has 0 bridgehead atoms. The minimum atomic E-state index is 0. The van der Waals surface area contributed by atoms with Crippen molar-refractivity contribution in [3.05, 3.63) is 131 Å². The molecule has 6 aromatic rings. The first-order chi connectivity index (χ1) is 16.5. The first-order valence-electron chi connectivity index (χ1n) is 11.9. The van der Waals surface area contributed by atoms with Crippen molar-refractivity contribution in [3.63, 3.8) is 0 Å². The van der Waals surface area contributed by atoms with Crippen molar-refractivity contribution in [3.8, 4) is 22.3 Å². The van der Waals surface area contributed by atoms with Gasteiger partial charge in [0.25, 0.3) is 0 Å². The van der Waals surface area contributed by atoms with E-state index in [1.54, 1.807) is 0 Å². The molecular formula is C34H30Cl2Zr. The molecule has 6 rings (SSSR count). The molecule has 0 fully saturated rings.